The molecular weight excluding hydrogens is 274 g/mol. The molecule has 0 aromatic carbocycles. The van der Waals surface area contributed by atoms with E-state index in [2.05, 4.69) is 25.8 Å². The highest BCUT2D eigenvalue weighted by Gasteiger charge is 2.41. The van der Waals surface area contributed by atoms with Crippen LogP contribution in [0.2, 0.25) is 0 Å². The van der Waals surface area contributed by atoms with Crippen molar-refractivity contribution in [2.45, 2.75) is 85.5 Å². The molecule has 22 heavy (non-hydrogen) atoms. The summed E-state index contributed by atoms with van der Waals surface area (Å²) in [6.07, 6.45) is 8.61. The van der Waals surface area contributed by atoms with Crippen LogP contribution >= 0.6 is 0 Å². The van der Waals surface area contributed by atoms with Gasteiger partial charge >= 0.3 is 0 Å². The third-order valence-corrected chi connectivity index (χ3v) is 4.36. The standard InChI is InChI=1S/C19H33NO2/c1-5-7-8-9-10-12-20-15-13-19(3,4)14-17(22)18(15)16(21)11-6-2/h18H,5-14H2,1-4H3. The van der Waals surface area contributed by atoms with Gasteiger partial charge in [0.15, 0.2) is 0 Å². The second-order valence-corrected chi connectivity index (χ2v) is 7.42. The number of carbonyl (C=O) groups is 2. The fourth-order valence-electron chi connectivity index (χ4n) is 3.26. The van der Waals surface area contributed by atoms with Crippen molar-refractivity contribution in [1.29, 1.82) is 0 Å². The highest BCUT2D eigenvalue weighted by molar-refractivity contribution is 6.22. The molecule has 1 aliphatic carbocycles. The van der Waals surface area contributed by atoms with Crippen LogP contribution in [0.4, 0.5) is 0 Å². The smallest absolute Gasteiger partial charge is 0.149 e. The fourth-order valence-corrected chi connectivity index (χ4v) is 3.26. The van der Waals surface area contributed by atoms with E-state index in [1.165, 1.54) is 25.7 Å². The summed E-state index contributed by atoms with van der Waals surface area (Å²) in [4.78, 5) is 29.4. The molecule has 1 atom stereocenters. The van der Waals surface area contributed by atoms with Gasteiger partial charge in [-0.1, -0.05) is 53.4 Å². The highest BCUT2D eigenvalue weighted by atomic mass is 16.2. The van der Waals surface area contributed by atoms with E-state index in [1.807, 2.05) is 6.92 Å². The minimum absolute atomic E-state index is 0.0544. The molecule has 0 amide bonds. The van der Waals surface area contributed by atoms with Crippen LogP contribution in [0.3, 0.4) is 0 Å². The monoisotopic (exact) mass is 307 g/mol. The van der Waals surface area contributed by atoms with Crippen molar-refractivity contribution < 1.29 is 9.59 Å². The van der Waals surface area contributed by atoms with E-state index in [9.17, 15) is 9.59 Å². The lowest BCUT2D eigenvalue weighted by atomic mass is 9.69. The molecular formula is C19H33NO2. The Balaban J connectivity index is 2.70. The zero-order valence-corrected chi connectivity index (χ0v) is 14.9. The zero-order chi connectivity index (χ0) is 16.6. The van der Waals surface area contributed by atoms with E-state index in [0.29, 0.717) is 12.8 Å². The largest absolute Gasteiger partial charge is 0.298 e. The average molecular weight is 307 g/mol. The Bertz CT molecular complexity index is 410. The quantitative estimate of drug-likeness (QED) is 0.455. The summed E-state index contributed by atoms with van der Waals surface area (Å²) in [5, 5.41) is 0. The van der Waals surface area contributed by atoms with Gasteiger partial charge < -0.3 is 0 Å². The molecule has 0 aromatic heterocycles. The van der Waals surface area contributed by atoms with Gasteiger partial charge in [-0.3, -0.25) is 14.6 Å². The molecule has 1 saturated carbocycles. The topological polar surface area (TPSA) is 46.5 Å². The first kappa shape index (κ1) is 19.1. The second kappa shape index (κ2) is 9.22. The Kier molecular flexibility index (Phi) is 7.98. The van der Waals surface area contributed by atoms with Crippen molar-refractivity contribution >= 4 is 17.3 Å². The minimum atomic E-state index is -0.538. The molecule has 1 rings (SSSR count). The molecule has 0 saturated heterocycles. The van der Waals surface area contributed by atoms with Crippen LogP contribution < -0.4 is 0 Å². The van der Waals surface area contributed by atoms with Crippen LogP contribution in [0.25, 0.3) is 0 Å². The summed E-state index contributed by atoms with van der Waals surface area (Å²) in [7, 11) is 0. The molecule has 3 nitrogen and oxygen atoms in total. The molecule has 0 bridgehead atoms. The maximum absolute atomic E-state index is 12.4. The van der Waals surface area contributed by atoms with Crippen LogP contribution in [0.5, 0.6) is 0 Å². The summed E-state index contributed by atoms with van der Waals surface area (Å²) in [6.45, 7) is 9.16. The number of Topliss-reactive ketones (excluding diaryl/α,β-unsaturated/α-hetero) is 2. The third kappa shape index (κ3) is 6.02. The van der Waals surface area contributed by atoms with Crippen molar-refractivity contribution in [3.63, 3.8) is 0 Å². The van der Waals surface area contributed by atoms with E-state index in [4.69, 9.17) is 0 Å². The second-order valence-electron chi connectivity index (χ2n) is 7.42. The molecule has 0 spiro atoms. The SMILES string of the molecule is CCCCCCCN=C1CC(C)(C)CC(=O)C1C(=O)CCC. The Morgan fingerprint density at radius 2 is 1.77 bits per heavy atom. The molecule has 126 valence electrons. The van der Waals surface area contributed by atoms with Gasteiger partial charge in [0, 0.05) is 25.1 Å². The number of rotatable bonds is 9. The van der Waals surface area contributed by atoms with Crippen molar-refractivity contribution in [2.24, 2.45) is 16.3 Å². The average Bonchev–Trinajstić information content (AvgIpc) is 2.41. The molecule has 0 aliphatic heterocycles. The summed E-state index contributed by atoms with van der Waals surface area (Å²) in [5.41, 5.74) is 0.802. The molecule has 1 unspecified atom stereocenters. The number of hydrogen-bond acceptors (Lipinski definition) is 3. The summed E-state index contributed by atoms with van der Waals surface area (Å²) in [5.74, 6) is -0.379. The van der Waals surface area contributed by atoms with Crippen molar-refractivity contribution in [3.05, 3.63) is 0 Å². The number of hydrogen-bond donors (Lipinski definition) is 0. The van der Waals surface area contributed by atoms with E-state index in [0.717, 1.165) is 31.5 Å². The van der Waals surface area contributed by atoms with Crippen molar-refractivity contribution in [1.82, 2.24) is 0 Å². The van der Waals surface area contributed by atoms with Gasteiger partial charge in [-0.2, -0.15) is 0 Å². The van der Waals surface area contributed by atoms with Crippen LogP contribution in [0, 0.1) is 11.3 Å². The van der Waals surface area contributed by atoms with Gasteiger partial charge in [-0.15, -0.1) is 0 Å². The van der Waals surface area contributed by atoms with Crippen LogP contribution in [-0.4, -0.2) is 23.8 Å². The first-order chi connectivity index (χ1) is 10.4. The van der Waals surface area contributed by atoms with E-state index in [1.54, 1.807) is 0 Å². The molecule has 0 radical (unpaired) electrons. The lowest BCUT2D eigenvalue weighted by molar-refractivity contribution is -0.132. The summed E-state index contributed by atoms with van der Waals surface area (Å²) in [6, 6.07) is 0. The highest BCUT2D eigenvalue weighted by Crippen LogP contribution is 2.35. The van der Waals surface area contributed by atoms with Gasteiger partial charge in [0.05, 0.1) is 0 Å². The maximum Gasteiger partial charge on any atom is 0.149 e. The summed E-state index contributed by atoms with van der Waals surface area (Å²) < 4.78 is 0. The first-order valence-electron chi connectivity index (χ1n) is 9.00. The van der Waals surface area contributed by atoms with Crippen LogP contribution in [0.15, 0.2) is 4.99 Å². The van der Waals surface area contributed by atoms with Gasteiger partial charge in [0.1, 0.15) is 17.5 Å². The summed E-state index contributed by atoms with van der Waals surface area (Å²) >= 11 is 0. The van der Waals surface area contributed by atoms with E-state index >= 15 is 0 Å². The predicted octanol–water partition coefficient (Wildman–Crippen LogP) is 4.77. The van der Waals surface area contributed by atoms with Crippen molar-refractivity contribution in [3.8, 4) is 0 Å². The predicted molar refractivity (Wildman–Crippen MR) is 92.5 cm³/mol. The Morgan fingerprint density at radius 3 is 2.41 bits per heavy atom. The van der Waals surface area contributed by atoms with Crippen molar-refractivity contribution in [2.75, 3.05) is 6.54 Å². The van der Waals surface area contributed by atoms with Crippen LogP contribution in [0.1, 0.15) is 85.5 Å². The molecule has 0 heterocycles. The minimum Gasteiger partial charge on any atom is -0.298 e. The van der Waals surface area contributed by atoms with Gasteiger partial charge in [0.25, 0.3) is 0 Å². The van der Waals surface area contributed by atoms with Gasteiger partial charge in [-0.05, 0) is 24.7 Å². The van der Waals surface area contributed by atoms with E-state index in [-0.39, 0.29) is 17.0 Å². The Hall–Kier alpha value is -0.990. The lowest BCUT2D eigenvalue weighted by Crippen LogP contribution is -2.42. The number of ketones is 2. The number of aliphatic imine (C=N–C) groups is 1. The van der Waals surface area contributed by atoms with Gasteiger partial charge in [-0.25, -0.2) is 0 Å². The molecule has 1 aliphatic rings. The van der Waals surface area contributed by atoms with Crippen LogP contribution in [-0.2, 0) is 9.59 Å². The van der Waals surface area contributed by atoms with Gasteiger partial charge in [0.2, 0.25) is 0 Å². The number of nitrogens with zero attached hydrogens (tertiary/aromatic N) is 1. The van der Waals surface area contributed by atoms with E-state index < -0.39 is 5.92 Å². The number of unbranched alkanes of at least 4 members (excludes halogenated alkanes) is 4. The Morgan fingerprint density at radius 1 is 1.09 bits per heavy atom. The normalized spacial score (nSPS) is 23.0. The molecule has 1 fully saturated rings. The fraction of sp³-hybridized carbons (Fsp3) is 0.842. The third-order valence-electron chi connectivity index (χ3n) is 4.36. The molecule has 3 heteroatoms. The number of carbonyl (C=O) groups excluding carboxylic acids is 2. The zero-order valence-electron chi connectivity index (χ0n) is 14.9. The lowest BCUT2D eigenvalue weighted by Gasteiger charge is -2.34. The maximum atomic E-state index is 12.4. The molecule has 0 aromatic rings. The molecule has 0 N–H and O–H groups in total. The first-order valence-corrected chi connectivity index (χ1v) is 9.00. The Labute approximate surface area is 136 Å².